The van der Waals surface area contributed by atoms with Gasteiger partial charge in [0.1, 0.15) is 5.69 Å². The van der Waals surface area contributed by atoms with E-state index in [0.29, 0.717) is 29.4 Å². The summed E-state index contributed by atoms with van der Waals surface area (Å²) in [5, 5.41) is 3.12. The Morgan fingerprint density at radius 3 is 1.88 bits per heavy atom. The van der Waals surface area contributed by atoms with Crippen molar-refractivity contribution in [3.05, 3.63) is 87.7 Å². The highest BCUT2D eigenvalue weighted by atomic mass is 35.5. The number of piperazine rings is 1. The number of aryl methyl sites for hydroxylation is 1. The molecule has 4 rings (SSSR count). The van der Waals surface area contributed by atoms with Crippen LogP contribution in [0.4, 0.5) is 39.0 Å². The van der Waals surface area contributed by atoms with Gasteiger partial charge in [-0.25, -0.2) is 22.0 Å². The molecular weight excluding hydrogens is 477 g/mol. The minimum Gasteiger partial charge on any atom is -0.368 e. The van der Waals surface area contributed by atoms with Gasteiger partial charge < -0.3 is 15.1 Å². The van der Waals surface area contributed by atoms with Crippen LogP contribution in [0.3, 0.4) is 0 Å². The second-order valence-corrected chi connectivity index (χ2v) is 8.28. The first-order valence-electron chi connectivity index (χ1n) is 10.4. The quantitative estimate of drug-likeness (QED) is 0.277. The Morgan fingerprint density at radius 1 is 0.794 bits per heavy atom. The third kappa shape index (κ3) is 4.52. The number of anilines is 3. The molecule has 0 radical (unpaired) electrons. The molecule has 178 valence electrons. The van der Waals surface area contributed by atoms with Crippen LogP contribution in [0.15, 0.2) is 42.5 Å². The molecule has 3 aromatic carbocycles. The largest absolute Gasteiger partial charge is 0.368 e. The molecule has 0 saturated carbocycles. The van der Waals surface area contributed by atoms with Gasteiger partial charge >= 0.3 is 0 Å². The first-order chi connectivity index (χ1) is 16.2. The number of carbonyl (C=O) groups is 1. The van der Waals surface area contributed by atoms with E-state index in [9.17, 15) is 26.7 Å². The summed E-state index contributed by atoms with van der Waals surface area (Å²) >= 11 is 6.14. The van der Waals surface area contributed by atoms with Crippen molar-refractivity contribution in [3.8, 4) is 0 Å². The van der Waals surface area contributed by atoms with Gasteiger partial charge in [-0.15, -0.1) is 0 Å². The van der Waals surface area contributed by atoms with Crippen molar-refractivity contribution in [3.63, 3.8) is 0 Å². The predicted molar refractivity (Wildman–Crippen MR) is 121 cm³/mol. The maximum Gasteiger partial charge on any atom is 0.257 e. The number of carbonyl (C=O) groups excluding carboxylic acids is 1. The van der Waals surface area contributed by atoms with Crippen LogP contribution in [0.1, 0.15) is 15.9 Å². The third-order valence-corrected chi connectivity index (χ3v) is 5.95. The molecule has 0 unspecified atom stereocenters. The molecule has 10 heteroatoms. The first-order valence-corrected chi connectivity index (χ1v) is 10.7. The van der Waals surface area contributed by atoms with Gasteiger partial charge in [0.05, 0.1) is 10.6 Å². The van der Waals surface area contributed by atoms with Gasteiger partial charge in [-0.1, -0.05) is 17.7 Å². The monoisotopic (exact) mass is 495 g/mol. The van der Waals surface area contributed by atoms with E-state index in [4.69, 9.17) is 11.6 Å². The number of nitrogens with one attached hydrogen (secondary N) is 1. The maximum absolute atomic E-state index is 14.1. The van der Waals surface area contributed by atoms with E-state index in [0.717, 1.165) is 16.2 Å². The van der Waals surface area contributed by atoms with Crippen LogP contribution < -0.4 is 15.1 Å². The van der Waals surface area contributed by atoms with Crippen LogP contribution in [-0.4, -0.2) is 32.1 Å². The van der Waals surface area contributed by atoms with Crippen LogP contribution in [0.2, 0.25) is 5.02 Å². The minimum atomic E-state index is -2.17. The van der Waals surface area contributed by atoms with Gasteiger partial charge in [-0.3, -0.25) is 4.79 Å². The highest BCUT2D eigenvalue weighted by Gasteiger charge is 2.30. The normalized spacial score (nSPS) is 13.9. The Balaban J connectivity index is 1.42. The molecule has 3 aromatic rings. The highest BCUT2D eigenvalue weighted by molar-refractivity contribution is 6.34. The van der Waals surface area contributed by atoms with Crippen LogP contribution in [0.5, 0.6) is 0 Å². The summed E-state index contributed by atoms with van der Waals surface area (Å²) < 4.78 is 68.6. The van der Waals surface area contributed by atoms with E-state index in [1.807, 2.05) is 11.8 Å². The Bertz CT molecular complexity index is 1220. The Hall–Kier alpha value is -3.33. The predicted octanol–water partition coefficient (Wildman–Crippen LogP) is 5.92. The number of hydrogen-bond acceptors (Lipinski definition) is 3. The van der Waals surface area contributed by atoms with Crippen molar-refractivity contribution >= 4 is 34.6 Å². The van der Waals surface area contributed by atoms with Gasteiger partial charge in [-0.2, -0.15) is 0 Å². The number of benzene rings is 3. The van der Waals surface area contributed by atoms with Gasteiger partial charge in [0.2, 0.25) is 5.82 Å². The second kappa shape index (κ2) is 9.50. The molecule has 1 fully saturated rings. The van der Waals surface area contributed by atoms with Crippen molar-refractivity contribution < 1.29 is 26.7 Å². The molecule has 1 aliphatic heterocycles. The summed E-state index contributed by atoms with van der Waals surface area (Å²) in [5.41, 5.74) is 1.70. The molecular formula is C24H19ClF5N3O. The lowest BCUT2D eigenvalue weighted by atomic mass is 10.1. The lowest BCUT2D eigenvalue weighted by molar-refractivity contribution is 0.102. The zero-order valence-electron chi connectivity index (χ0n) is 17.9. The van der Waals surface area contributed by atoms with Crippen LogP contribution in [0.25, 0.3) is 0 Å². The fourth-order valence-corrected chi connectivity index (χ4v) is 4.14. The average Bonchev–Trinajstić information content (AvgIpc) is 2.82. The van der Waals surface area contributed by atoms with Crippen molar-refractivity contribution in [1.29, 1.82) is 0 Å². The van der Waals surface area contributed by atoms with E-state index in [1.165, 1.54) is 0 Å². The van der Waals surface area contributed by atoms with Crippen LogP contribution in [-0.2, 0) is 0 Å². The zero-order chi connectivity index (χ0) is 24.6. The molecule has 0 aromatic heterocycles. The average molecular weight is 496 g/mol. The second-order valence-electron chi connectivity index (χ2n) is 7.88. The molecule has 1 heterocycles. The molecule has 1 N–H and O–H groups in total. The topological polar surface area (TPSA) is 35.6 Å². The Kier molecular flexibility index (Phi) is 6.65. The van der Waals surface area contributed by atoms with E-state index in [1.54, 1.807) is 42.5 Å². The van der Waals surface area contributed by atoms with Crippen LogP contribution >= 0.6 is 11.6 Å². The van der Waals surface area contributed by atoms with E-state index >= 15 is 0 Å². The Morgan fingerprint density at radius 2 is 1.32 bits per heavy atom. The summed E-state index contributed by atoms with van der Waals surface area (Å²) in [4.78, 5) is 15.5. The number of nitrogens with zero attached hydrogens (tertiary/aromatic N) is 2. The minimum absolute atomic E-state index is 0.0583. The zero-order valence-corrected chi connectivity index (χ0v) is 18.7. The molecule has 0 aliphatic carbocycles. The number of hydrogen-bond donors (Lipinski definition) is 1. The standard InChI is InChI=1S/C24H19ClF5N3O/c1-13-2-7-16(17(25)12-13)24(34)31-14-3-5-15(6-4-14)32-8-10-33(11-9-32)23-21(29)19(27)18(26)20(28)22(23)30/h2-7,12H,8-11H2,1H3,(H,31,34). The summed E-state index contributed by atoms with van der Waals surface area (Å²) in [6.07, 6.45) is 0. The van der Waals surface area contributed by atoms with Crippen molar-refractivity contribution in [2.45, 2.75) is 6.92 Å². The lowest BCUT2D eigenvalue weighted by Crippen LogP contribution is -2.47. The summed E-state index contributed by atoms with van der Waals surface area (Å²) in [6.45, 7) is 2.58. The lowest BCUT2D eigenvalue weighted by Gasteiger charge is -2.37. The molecule has 34 heavy (non-hydrogen) atoms. The van der Waals surface area contributed by atoms with Crippen molar-refractivity contribution in [2.75, 3.05) is 41.3 Å². The molecule has 1 amide bonds. The van der Waals surface area contributed by atoms with E-state index in [-0.39, 0.29) is 19.0 Å². The number of amides is 1. The highest BCUT2D eigenvalue weighted by Crippen LogP contribution is 2.31. The smallest absolute Gasteiger partial charge is 0.257 e. The molecule has 0 spiro atoms. The summed E-state index contributed by atoms with van der Waals surface area (Å²) in [6, 6.07) is 12.1. The number of halogens is 6. The van der Waals surface area contributed by atoms with E-state index < -0.39 is 34.8 Å². The van der Waals surface area contributed by atoms with Crippen molar-refractivity contribution in [1.82, 2.24) is 0 Å². The van der Waals surface area contributed by atoms with Gasteiger partial charge in [0.15, 0.2) is 23.3 Å². The number of rotatable bonds is 4. The third-order valence-electron chi connectivity index (χ3n) is 5.64. The van der Waals surface area contributed by atoms with Gasteiger partial charge in [0.25, 0.3) is 5.91 Å². The maximum atomic E-state index is 14.1. The molecule has 0 atom stereocenters. The molecule has 4 nitrogen and oxygen atoms in total. The Labute approximate surface area is 197 Å². The first kappa shape index (κ1) is 23.8. The SMILES string of the molecule is Cc1ccc(C(=O)Nc2ccc(N3CCN(c4c(F)c(F)c(F)c(F)c4F)CC3)cc2)c(Cl)c1. The fourth-order valence-electron chi connectivity index (χ4n) is 3.82. The van der Waals surface area contributed by atoms with E-state index in [2.05, 4.69) is 5.32 Å². The van der Waals surface area contributed by atoms with Gasteiger partial charge in [-0.05, 0) is 48.9 Å². The van der Waals surface area contributed by atoms with Crippen LogP contribution in [0, 0.1) is 36.0 Å². The summed E-state index contributed by atoms with van der Waals surface area (Å²) in [5.74, 6) is -10.1. The van der Waals surface area contributed by atoms with Crippen molar-refractivity contribution in [2.24, 2.45) is 0 Å². The van der Waals surface area contributed by atoms with Gasteiger partial charge in [0, 0.05) is 37.6 Å². The molecule has 1 saturated heterocycles. The molecule has 1 aliphatic rings. The fraction of sp³-hybridized carbons (Fsp3) is 0.208. The molecule has 0 bridgehead atoms. The summed E-state index contributed by atoms with van der Waals surface area (Å²) in [7, 11) is 0.